The van der Waals surface area contributed by atoms with Gasteiger partial charge in [0.2, 0.25) is 0 Å². The van der Waals surface area contributed by atoms with Gasteiger partial charge in [0, 0.05) is 0 Å². The molecule has 0 bridgehead atoms. The third-order valence-corrected chi connectivity index (χ3v) is 8.01. The standard InChI is InChI=1S/C23H34O2/c1-3-4-5-6-15-13-16-14-17(24)7-8-18(16)19-11-12-23(2)20(22(15)19)9-10-21(23)25/h7-8,14-15,19-22,24-25H,3-6,9-13H2,1-2H3/t15-,19?,20?,21?,22?,23?/m1/s1. The van der Waals surface area contributed by atoms with Crippen LogP contribution in [0.3, 0.4) is 0 Å². The molecule has 0 aliphatic heterocycles. The van der Waals surface area contributed by atoms with Crippen LogP contribution in [0.5, 0.6) is 5.75 Å². The maximum atomic E-state index is 10.7. The summed E-state index contributed by atoms with van der Waals surface area (Å²) >= 11 is 0. The van der Waals surface area contributed by atoms with E-state index in [1.165, 1.54) is 49.7 Å². The zero-order chi connectivity index (χ0) is 17.6. The lowest BCUT2D eigenvalue weighted by Gasteiger charge is -2.53. The van der Waals surface area contributed by atoms with Crippen LogP contribution in [0.15, 0.2) is 18.2 Å². The van der Waals surface area contributed by atoms with Gasteiger partial charge in [0.05, 0.1) is 6.10 Å². The van der Waals surface area contributed by atoms with Crippen LogP contribution in [0.4, 0.5) is 0 Å². The molecular formula is C23H34O2. The van der Waals surface area contributed by atoms with Crippen LogP contribution in [-0.4, -0.2) is 16.3 Å². The first-order chi connectivity index (χ1) is 12.0. The van der Waals surface area contributed by atoms with E-state index in [0.717, 1.165) is 31.1 Å². The number of unbranched alkanes of at least 4 members (excludes halogenated alkanes) is 2. The molecule has 0 saturated heterocycles. The Hall–Kier alpha value is -1.02. The Labute approximate surface area is 152 Å². The molecule has 0 radical (unpaired) electrons. The molecule has 1 aromatic rings. The van der Waals surface area contributed by atoms with Crippen molar-refractivity contribution in [2.24, 2.45) is 23.2 Å². The molecule has 2 N–H and O–H groups in total. The molecular weight excluding hydrogens is 308 g/mol. The second kappa shape index (κ2) is 6.61. The summed E-state index contributed by atoms with van der Waals surface area (Å²) in [6, 6.07) is 6.10. The molecule has 2 fully saturated rings. The molecule has 3 aliphatic carbocycles. The number of aliphatic hydroxyl groups excluding tert-OH is 1. The lowest BCUT2D eigenvalue weighted by Crippen LogP contribution is -2.47. The van der Waals surface area contributed by atoms with Gasteiger partial charge in [-0.15, -0.1) is 0 Å². The van der Waals surface area contributed by atoms with Gasteiger partial charge in [-0.05, 0) is 90.9 Å². The van der Waals surface area contributed by atoms with E-state index in [-0.39, 0.29) is 11.5 Å². The van der Waals surface area contributed by atoms with Gasteiger partial charge in [0.1, 0.15) is 5.75 Å². The highest BCUT2D eigenvalue weighted by molar-refractivity contribution is 5.40. The molecule has 6 atom stereocenters. The lowest BCUT2D eigenvalue weighted by atomic mass is 9.52. The van der Waals surface area contributed by atoms with Gasteiger partial charge in [-0.2, -0.15) is 0 Å². The second-order valence-electron chi connectivity index (χ2n) is 9.27. The van der Waals surface area contributed by atoms with Gasteiger partial charge in [0.25, 0.3) is 0 Å². The molecule has 0 amide bonds. The number of phenols is 1. The monoisotopic (exact) mass is 342 g/mol. The number of hydrogen-bond donors (Lipinski definition) is 2. The molecule has 2 nitrogen and oxygen atoms in total. The van der Waals surface area contributed by atoms with Crippen molar-refractivity contribution in [1.82, 2.24) is 0 Å². The van der Waals surface area contributed by atoms with Crippen LogP contribution in [-0.2, 0) is 6.42 Å². The number of aromatic hydroxyl groups is 1. The summed E-state index contributed by atoms with van der Waals surface area (Å²) in [4.78, 5) is 0. The molecule has 3 aliphatic rings. The van der Waals surface area contributed by atoms with Crippen LogP contribution < -0.4 is 0 Å². The van der Waals surface area contributed by atoms with E-state index in [9.17, 15) is 10.2 Å². The second-order valence-corrected chi connectivity index (χ2v) is 9.27. The summed E-state index contributed by atoms with van der Waals surface area (Å²) in [5.74, 6) is 3.18. The molecule has 138 valence electrons. The SMILES string of the molecule is CCCCC[C@@H]1Cc2cc(O)ccc2C2CCC3(C)C(O)CCC3C21. The summed E-state index contributed by atoms with van der Waals surface area (Å²) in [6.07, 6.45) is 10.8. The molecule has 5 unspecified atom stereocenters. The smallest absolute Gasteiger partial charge is 0.115 e. The van der Waals surface area contributed by atoms with E-state index in [0.29, 0.717) is 17.6 Å². The normalized spacial score (nSPS) is 39.6. The Balaban J connectivity index is 1.69. The first-order valence-electron chi connectivity index (χ1n) is 10.5. The van der Waals surface area contributed by atoms with Gasteiger partial charge >= 0.3 is 0 Å². The summed E-state index contributed by atoms with van der Waals surface area (Å²) < 4.78 is 0. The van der Waals surface area contributed by atoms with Crippen LogP contribution in [0.2, 0.25) is 0 Å². The van der Waals surface area contributed by atoms with Crippen molar-refractivity contribution in [3.63, 3.8) is 0 Å². The largest absolute Gasteiger partial charge is 0.508 e. The fraction of sp³-hybridized carbons (Fsp3) is 0.739. The zero-order valence-electron chi connectivity index (χ0n) is 15.9. The third-order valence-electron chi connectivity index (χ3n) is 8.01. The molecule has 0 heterocycles. The van der Waals surface area contributed by atoms with Crippen molar-refractivity contribution in [2.75, 3.05) is 0 Å². The molecule has 1 aromatic carbocycles. The van der Waals surface area contributed by atoms with Crippen LogP contribution in [0.25, 0.3) is 0 Å². The summed E-state index contributed by atoms with van der Waals surface area (Å²) in [5.41, 5.74) is 3.03. The summed E-state index contributed by atoms with van der Waals surface area (Å²) in [7, 11) is 0. The zero-order valence-corrected chi connectivity index (χ0v) is 15.9. The van der Waals surface area contributed by atoms with Crippen molar-refractivity contribution < 1.29 is 10.2 Å². The first kappa shape index (κ1) is 17.4. The van der Waals surface area contributed by atoms with E-state index >= 15 is 0 Å². The number of aliphatic hydroxyl groups is 1. The van der Waals surface area contributed by atoms with Crippen molar-refractivity contribution >= 4 is 0 Å². The fourth-order valence-electron chi connectivity index (χ4n) is 6.69. The van der Waals surface area contributed by atoms with Gasteiger partial charge in [-0.25, -0.2) is 0 Å². The van der Waals surface area contributed by atoms with E-state index in [2.05, 4.69) is 19.9 Å². The highest BCUT2D eigenvalue weighted by Gasteiger charge is 2.56. The number of phenolic OH excluding ortho intramolecular Hbond substituents is 1. The Kier molecular flexibility index (Phi) is 4.60. The van der Waals surface area contributed by atoms with Crippen molar-refractivity contribution in [1.29, 1.82) is 0 Å². The number of hydrogen-bond acceptors (Lipinski definition) is 2. The van der Waals surface area contributed by atoms with E-state index in [4.69, 9.17) is 0 Å². The quantitative estimate of drug-likeness (QED) is 0.718. The lowest BCUT2D eigenvalue weighted by molar-refractivity contribution is -0.0396. The Bertz CT molecular complexity index is 625. The highest BCUT2D eigenvalue weighted by atomic mass is 16.3. The van der Waals surface area contributed by atoms with Gasteiger partial charge < -0.3 is 10.2 Å². The Morgan fingerprint density at radius 2 is 2.00 bits per heavy atom. The van der Waals surface area contributed by atoms with E-state index in [1.54, 1.807) is 0 Å². The Morgan fingerprint density at radius 1 is 1.16 bits per heavy atom. The molecule has 4 rings (SSSR count). The maximum absolute atomic E-state index is 10.7. The van der Waals surface area contributed by atoms with Gasteiger partial charge in [-0.3, -0.25) is 0 Å². The topological polar surface area (TPSA) is 40.5 Å². The van der Waals surface area contributed by atoms with Crippen molar-refractivity contribution in [3.05, 3.63) is 29.3 Å². The molecule has 0 aromatic heterocycles. The molecule has 2 heteroatoms. The van der Waals surface area contributed by atoms with E-state index < -0.39 is 0 Å². The van der Waals surface area contributed by atoms with Gasteiger partial charge in [-0.1, -0.05) is 39.2 Å². The van der Waals surface area contributed by atoms with Crippen LogP contribution in [0, 0.1) is 23.2 Å². The van der Waals surface area contributed by atoms with Crippen LogP contribution in [0.1, 0.15) is 82.3 Å². The highest BCUT2D eigenvalue weighted by Crippen LogP contribution is 2.62. The fourth-order valence-corrected chi connectivity index (χ4v) is 6.69. The number of benzene rings is 1. The van der Waals surface area contributed by atoms with E-state index in [1.807, 2.05) is 12.1 Å². The average molecular weight is 343 g/mol. The van der Waals surface area contributed by atoms with Crippen LogP contribution >= 0.6 is 0 Å². The average Bonchev–Trinajstić information content (AvgIpc) is 2.90. The van der Waals surface area contributed by atoms with Crippen molar-refractivity contribution in [3.8, 4) is 5.75 Å². The molecule has 2 saturated carbocycles. The molecule has 0 spiro atoms. The predicted molar refractivity (Wildman–Crippen MR) is 102 cm³/mol. The maximum Gasteiger partial charge on any atom is 0.115 e. The van der Waals surface area contributed by atoms with Gasteiger partial charge in [0.15, 0.2) is 0 Å². The Morgan fingerprint density at radius 3 is 2.80 bits per heavy atom. The third kappa shape index (κ3) is 2.81. The number of rotatable bonds is 4. The number of fused-ring (bicyclic) bond motifs is 5. The van der Waals surface area contributed by atoms with Crippen molar-refractivity contribution in [2.45, 2.75) is 83.7 Å². The minimum absolute atomic E-state index is 0.101. The summed E-state index contributed by atoms with van der Waals surface area (Å²) in [5, 5.41) is 20.7. The first-order valence-corrected chi connectivity index (χ1v) is 10.5. The summed E-state index contributed by atoms with van der Waals surface area (Å²) in [6.45, 7) is 4.64. The molecule has 25 heavy (non-hydrogen) atoms. The minimum atomic E-state index is -0.101. The predicted octanol–water partition coefficient (Wildman–Crippen LogP) is 5.42. The minimum Gasteiger partial charge on any atom is -0.508 e.